The average Bonchev–Trinajstić information content (AvgIpc) is 2.48. The predicted octanol–water partition coefficient (Wildman–Crippen LogP) is 5.42. The quantitative estimate of drug-likeness (QED) is 0.509. The van der Waals surface area contributed by atoms with E-state index in [1.165, 1.54) is 5.56 Å². The van der Waals surface area contributed by atoms with E-state index in [1.807, 2.05) is 24.3 Å². The molecular formula is C20H32O2Si. The van der Waals surface area contributed by atoms with Gasteiger partial charge in [-0.15, -0.1) is 0 Å². The second-order valence-corrected chi connectivity index (χ2v) is 12.2. The van der Waals surface area contributed by atoms with Gasteiger partial charge in [0.2, 0.25) is 0 Å². The van der Waals surface area contributed by atoms with Crippen LogP contribution in [-0.2, 0) is 4.43 Å². The van der Waals surface area contributed by atoms with Crippen molar-refractivity contribution in [2.75, 3.05) is 6.61 Å². The number of allylic oxidation sites excluding steroid dienone is 1. The first-order valence-electron chi connectivity index (χ1n) is 8.43. The van der Waals surface area contributed by atoms with Crippen LogP contribution >= 0.6 is 0 Å². The van der Waals surface area contributed by atoms with Crippen molar-refractivity contribution in [3.8, 4) is 0 Å². The van der Waals surface area contributed by atoms with Gasteiger partial charge in [0, 0.05) is 0 Å². The molecule has 0 amide bonds. The minimum atomic E-state index is -1.80. The molecule has 0 spiro atoms. The average molecular weight is 333 g/mol. The third-order valence-electron chi connectivity index (χ3n) is 4.45. The molecule has 1 N–H and O–H groups in total. The van der Waals surface area contributed by atoms with Crippen molar-refractivity contribution in [2.45, 2.75) is 57.8 Å². The van der Waals surface area contributed by atoms with Crippen molar-refractivity contribution in [3.63, 3.8) is 0 Å². The Bertz CT molecular complexity index is 498. The van der Waals surface area contributed by atoms with E-state index in [0.29, 0.717) is 0 Å². The molecule has 0 bridgehead atoms. The fraction of sp³-hybridized carbons (Fsp3) is 0.500. The summed E-state index contributed by atoms with van der Waals surface area (Å²) in [5.41, 5.74) is 1.20. The van der Waals surface area contributed by atoms with E-state index >= 15 is 0 Å². The molecule has 1 atom stereocenters. The molecule has 0 unspecified atom stereocenters. The van der Waals surface area contributed by atoms with Crippen LogP contribution in [0.4, 0.5) is 0 Å². The van der Waals surface area contributed by atoms with Crippen LogP contribution in [0.25, 0.3) is 6.08 Å². The van der Waals surface area contributed by atoms with Gasteiger partial charge in [-0.25, -0.2) is 0 Å². The Morgan fingerprint density at radius 3 is 2.35 bits per heavy atom. The predicted molar refractivity (Wildman–Crippen MR) is 103 cm³/mol. The summed E-state index contributed by atoms with van der Waals surface area (Å²) in [6, 6.07) is 10.3. The molecule has 0 fully saturated rings. The first-order chi connectivity index (χ1) is 10.8. The van der Waals surface area contributed by atoms with E-state index in [-0.39, 0.29) is 17.7 Å². The lowest BCUT2D eigenvalue weighted by molar-refractivity contribution is 0.217. The number of hydrogen-bond acceptors (Lipinski definition) is 2. The van der Waals surface area contributed by atoms with E-state index in [2.05, 4.69) is 58.2 Å². The normalized spacial score (nSPS) is 14.7. The molecule has 0 aromatic heterocycles. The highest BCUT2D eigenvalue weighted by Crippen LogP contribution is 2.38. The zero-order valence-electron chi connectivity index (χ0n) is 15.3. The summed E-state index contributed by atoms with van der Waals surface area (Å²) in [4.78, 5) is 0. The SMILES string of the molecule is CC(C)(C)[Si](C)(C)O[C@@H](/C=C/c1ccccc1)CC/C=C/CO. The van der Waals surface area contributed by atoms with Crippen LogP contribution in [0, 0.1) is 0 Å². The van der Waals surface area contributed by atoms with Crippen molar-refractivity contribution in [2.24, 2.45) is 0 Å². The molecule has 1 aromatic carbocycles. The summed E-state index contributed by atoms with van der Waals surface area (Å²) in [6.45, 7) is 11.5. The molecule has 128 valence electrons. The lowest BCUT2D eigenvalue weighted by atomic mass is 10.1. The van der Waals surface area contributed by atoms with Crippen molar-refractivity contribution in [3.05, 3.63) is 54.1 Å². The fourth-order valence-electron chi connectivity index (χ4n) is 1.99. The third-order valence-corrected chi connectivity index (χ3v) is 8.95. The van der Waals surface area contributed by atoms with Crippen molar-refractivity contribution in [1.29, 1.82) is 0 Å². The van der Waals surface area contributed by atoms with E-state index in [0.717, 1.165) is 12.8 Å². The number of benzene rings is 1. The van der Waals surface area contributed by atoms with Crippen LogP contribution in [0.5, 0.6) is 0 Å². The summed E-state index contributed by atoms with van der Waals surface area (Å²) in [6.07, 6.45) is 10.1. The molecule has 0 radical (unpaired) electrons. The van der Waals surface area contributed by atoms with Gasteiger partial charge >= 0.3 is 0 Å². The Morgan fingerprint density at radius 1 is 1.13 bits per heavy atom. The van der Waals surface area contributed by atoms with Gasteiger partial charge in [-0.3, -0.25) is 0 Å². The van der Waals surface area contributed by atoms with Crippen LogP contribution in [-0.4, -0.2) is 26.1 Å². The van der Waals surface area contributed by atoms with Crippen LogP contribution in [0.3, 0.4) is 0 Å². The first kappa shape index (κ1) is 19.9. The molecule has 23 heavy (non-hydrogen) atoms. The fourth-order valence-corrected chi connectivity index (χ4v) is 3.29. The summed E-state index contributed by atoms with van der Waals surface area (Å²) in [5.74, 6) is 0. The Labute approximate surface area is 143 Å². The molecular weight excluding hydrogens is 300 g/mol. The zero-order valence-corrected chi connectivity index (χ0v) is 16.3. The second-order valence-electron chi connectivity index (χ2n) is 7.42. The molecule has 0 aliphatic rings. The molecule has 0 saturated heterocycles. The van der Waals surface area contributed by atoms with Crippen molar-refractivity contribution < 1.29 is 9.53 Å². The molecule has 1 rings (SSSR count). The maximum absolute atomic E-state index is 8.85. The lowest BCUT2D eigenvalue weighted by Gasteiger charge is -2.38. The van der Waals surface area contributed by atoms with E-state index in [9.17, 15) is 0 Å². The van der Waals surface area contributed by atoms with Gasteiger partial charge in [0.1, 0.15) is 0 Å². The summed E-state index contributed by atoms with van der Waals surface area (Å²) >= 11 is 0. The Balaban J connectivity index is 2.80. The Morgan fingerprint density at radius 2 is 1.78 bits per heavy atom. The largest absolute Gasteiger partial charge is 0.411 e. The van der Waals surface area contributed by atoms with Gasteiger partial charge in [0.05, 0.1) is 12.7 Å². The van der Waals surface area contributed by atoms with Gasteiger partial charge in [-0.2, -0.15) is 0 Å². The lowest BCUT2D eigenvalue weighted by Crippen LogP contribution is -2.43. The van der Waals surface area contributed by atoms with Crippen LogP contribution in [0.1, 0.15) is 39.2 Å². The van der Waals surface area contributed by atoms with Crippen molar-refractivity contribution in [1.82, 2.24) is 0 Å². The minimum Gasteiger partial charge on any atom is -0.411 e. The number of rotatable bonds is 8. The maximum atomic E-state index is 8.85. The highest BCUT2D eigenvalue weighted by molar-refractivity contribution is 6.74. The van der Waals surface area contributed by atoms with Crippen molar-refractivity contribution >= 4 is 14.4 Å². The zero-order chi connectivity index (χ0) is 17.3. The smallest absolute Gasteiger partial charge is 0.192 e. The molecule has 1 aromatic rings. The van der Waals surface area contributed by atoms with Gasteiger partial charge in [0.25, 0.3) is 0 Å². The Hall–Kier alpha value is -1.16. The molecule has 3 heteroatoms. The minimum absolute atomic E-state index is 0.105. The maximum Gasteiger partial charge on any atom is 0.192 e. The molecule has 2 nitrogen and oxygen atoms in total. The van der Waals surface area contributed by atoms with Crippen LogP contribution in [0.2, 0.25) is 18.1 Å². The molecule has 0 aliphatic carbocycles. The molecule has 0 aliphatic heterocycles. The van der Waals surface area contributed by atoms with E-state index in [4.69, 9.17) is 9.53 Å². The highest BCUT2D eigenvalue weighted by Gasteiger charge is 2.38. The van der Waals surface area contributed by atoms with Gasteiger partial charge < -0.3 is 9.53 Å². The standard InChI is InChI=1S/C20H32O2Si/c1-20(2,3)23(4,5)22-19(14-10-7-11-17-21)16-15-18-12-8-6-9-13-18/h6-9,11-13,15-16,19,21H,10,14,17H2,1-5H3/b11-7+,16-15+/t19-/m1/s1. The van der Waals surface area contributed by atoms with Gasteiger partial charge in [-0.1, -0.05) is 75.4 Å². The van der Waals surface area contributed by atoms with Crippen LogP contribution < -0.4 is 0 Å². The first-order valence-corrected chi connectivity index (χ1v) is 11.3. The third kappa shape index (κ3) is 7.29. The highest BCUT2D eigenvalue weighted by atomic mass is 28.4. The van der Waals surface area contributed by atoms with Gasteiger partial charge in [0.15, 0.2) is 8.32 Å². The molecule has 0 saturated carbocycles. The molecule has 0 heterocycles. The number of aliphatic hydroxyl groups is 1. The van der Waals surface area contributed by atoms with E-state index in [1.54, 1.807) is 6.08 Å². The number of hydrogen-bond donors (Lipinski definition) is 1. The van der Waals surface area contributed by atoms with E-state index < -0.39 is 8.32 Å². The van der Waals surface area contributed by atoms with Gasteiger partial charge in [-0.05, 0) is 36.5 Å². The number of aliphatic hydroxyl groups excluding tert-OH is 1. The summed E-state index contributed by atoms with van der Waals surface area (Å²) in [5, 5.41) is 9.05. The van der Waals surface area contributed by atoms with Crippen LogP contribution in [0.15, 0.2) is 48.6 Å². The second kappa shape index (κ2) is 9.21. The summed E-state index contributed by atoms with van der Waals surface area (Å²) in [7, 11) is -1.80. The topological polar surface area (TPSA) is 29.5 Å². The summed E-state index contributed by atoms with van der Waals surface area (Å²) < 4.78 is 6.56. The monoisotopic (exact) mass is 332 g/mol. The Kier molecular flexibility index (Phi) is 7.96.